The molecule has 13 heteroatoms. The van der Waals surface area contributed by atoms with Crippen LogP contribution in [0.3, 0.4) is 0 Å². The second kappa shape index (κ2) is 11.6. The minimum absolute atomic E-state index is 0.0494. The average Bonchev–Trinajstić information content (AvgIpc) is 3.08. The molecule has 1 aliphatic carbocycles. The van der Waals surface area contributed by atoms with Crippen molar-refractivity contribution in [2.75, 3.05) is 48.3 Å². The third kappa shape index (κ3) is 4.76. The number of fused-ring (bicyclic) bond motifs is 6. The fourth-order valence-electron chi connectivity index (χ4n) is 6.26. The van der Waals surface area contributed by atoms with Gasteiger partial charge in [0.05, 0.1) is 48.3 Å². The smallest absolute Gasteiger partial charge is 0.201 e. The summed E-state index contributed by atoms with van der Waals surface area (Å²) in [5, 5.41) is 62.7. The molecule has 3 aliphatic rings. The Hall–Kier alpha value is -3.20. The first-order chi connectivity index (χ1) is 19.7. The van der Waals surface area contributed by atoms with Gasteiger partial charge in [-0.1, -0.05) is 0 Å². The van der Waals surface area contributed by atoms with E-state index >= 15 is 0 Å². The Balaban J connectivity index is 1.65. The van der Waals surface area contributed by atoms with Crippen LogP contribution in [-0.4, -0.2) is 110 Å². The molecule has 5 rings (SSSR count). The number of ether oxygens (including phenoxy) is 7. The molecule has 0 unspecified atom stereocenters. The lowest BCUT2D eigenvalue weighted by molar-refractivity contribution is -0.304. The molecule has 2 aromatic rings. The lowest BCUT2D eigenvalue weighted by atomic mass is 9.66. The van der Waals surface area contributed by atoms with Gasteiger partial charge in [0.1, 0.15) is 30.2 Å². The zero-order valence-corrected chi connectivity index (χ0v) is 23.1. The fraction of sp³-hybridized carbons (Fsp3) is 0.571. The zero-order valence-electron chi connectivity index (χ0n) is 23.1. The van der Waals surface area contributed by atoms with E-state index in [1.807, 2.05) is 0 Å². The molecule has 13 nitrogen and oxygen atoms in total. The van der Waals surface area contributed by atoms with Gasteiger partial charge in [0.2, 0.25) is 11.5 Å². The number of aromatic hydroxyl groups is 2. The van der Waals surface area contributed by atoms with Crippen molar-refractivity contribution in [3.63, 3.8) is 0 Å². The summed E-state index contributed by atoms with van der Waals surface area (Å²) in [6, 6.07) is 3.31. The number of hydrogen-bond donors (Lipinski definition) is 6. The van der Waals surface area contributed by atoms with Crippen LogP contribution in [0.4, 0.5) is 0 Å². The molecule has 226 valence electrons. The molecular weight excluding hydrogens is 544 g/mol. The molecule has 0 radical (unpaired) electrons. The molecular formula is C28H36O13. The number of phenols is 2. The monoisotopic (exact) mass is 580 g/mol. The Morgan fingerprint density at radius 1 is 0.829 bits per heavy atom. The van der Waals surface area contributed by atoms with Gasteiger partial charge in [-0.2, -0.15) is 0 Å². The van der Waals surface area contributed by atoms with Crippen molar-refractivity contribution >= 4 is 0 Å². The van der Waals surface area contributed by atoms with Gasteiger partial charge in [-0.05, 0) is 18.1 Å². The van der Waals surface area contributed by atoms with Gasteiger partial charge in [0, 0.05) is 34.9 Å². The minimum Gasteiger partial charge on any atom is -0.502 e. The van der Waals surface area contributed by atoms with Crippen LogP contribution in [0, 0.1) is 11.8 Å². The summed E-state index contributed by atoms with van der Waals surface area (Å²) in [5.41, 5.74) is 1.91. The quantitative estimate of drug-likeness (QED) is 0.250. The van der Waals surface area contributed by atoms with E-state index in [2.05, 4.69) is 0 Å². The maximum absolute atomic E-state index is 11.0. The highest BCUT2D eigenvalue weighted by Gasteiger charge is 2.49. The summed E-state index contributed by atoms with van der Waals surface area (Å²) in [5.74, 6) is -0.635. The molecule has 2 heterocycles. The van der Waals surface area contributed by atoms with E-state index in [0.29, 0.717) is 23.3 Å². The molecule has 2 aromatic carbocycles. The van der Waals surface area contributed by atoms with Crippen molar-refractivity contribution in [1.29, 1.82) is 0 Å². The molecule has 8 atom stereocenters. The first-order valence-electron chi connectivity index (χ1n) is 13.2. The SMILES string of the molecule is COc1cc2c(c(OC)c1O)[C@H]1c3c(cc(OC)c(O)c3OC)OC[C@@H](C2)[C@H]1CO[C@@H]1O[C@H](CO)[C@@H](O)[C@H](O)[C@H]1O. The van der Waals surface area contributed by atoms with Gasteiger partial charge in [-0.3, -0.25) is 0 Å². The molecule has 1 saturated heterocycles. The molecule has 2 bridgehead atoms. The first-order valence-corrected chi connectivity index (χ1v) is 13.2. The van der Waals surface area contributed by atoms with E-state index < -0.39 is 49.1 Å². The topological polar surface area (TPSA) is 186 Å². The Bertz CT molecular complexity index is 1250. The maximum atomic E-state index is 11.0. The largest absolute Gasteiger partial charge is 0.502 e. The molecule has 0 spiro atoms. The summed E-state index contributed by atoms with van der Waals surface area (Å²) in [4.78, 5) is 0. The van der Waals surface area contributed by atoms with Crippen LogP contribution in [0.5, 0.6) is 40.2 Å². The molecule has 6 N–H and O–H groups in total. The summed E-state index contributed by atoms with van der Waals surface area (Å²) >= 11 is 0. The van der Waals surface area contributed by atoms with E-state index in [4.69, 9.17) is 33.2 Å². The molecule has 1 fully saturated rings. The molecule has 0 saturated carbocycles. The highest BCUT2D eigenvalue weighted by atomic mass is 16.7. The van der Waals surface area contributed by atoms with E-state index in [1.165, 1.54) is 28.4 Å². The number of methoxy groups -OCH3 is 4. The van der Waals surface area contributed by atoms with Crippen molar-refractivity contribution in [3.05, 3.63) is 28.8 Å². The Labute approximate surface area is 236 Å². The van der Waals surface area contributed by atoms with Gasteiger partial charge in [-0.15, -0.1) is 0 Å². The van der Waals surface area contributed by atoms with Crippen molar-refractivity contribution in [3.8, 4) is 40.2 Å². The number of rotatable bonds is 8. The normalized spacial score (nSPS) is 30.3. The zero-order chi connectivity index (χ0) is 29.6. The van der Waals surface area contributed by atoms with Crippen molar-refractivity contribution in [2.45, 2.75) is 43.0 Å². The lowest BCUT2D eigenvalue weighted by Crippen LogP contribution is -2.59. The number of hydrogen-bond acceptors (Lipinski definition) is 13. The van der Waals surface area contributed by atoms with E-state index in [0.717, 1.165) is 5.56 Å². The summed E-state index contributed by atoms with van der Waals surface area (Å²) < 4.78 is 40.0. The van der Waals surface area contributed by atoms with Crippen LogP contribution in [0.2, 0.25) is 0 Å². The van der Waals surface area contributed by atoms with Crippen LogP contribution in [0.15, 0.2) is 12.1 Å². The predicted molar refractivity (Wildman–Crippen MR) is 140 cm³/mol. The highest BCUT2D eigenvalue weighted by molar-refractivity contribution is 5.69. The molecule has 0 aromatic heterocycles. The number of benzene rings is 2. The number of aliphatic hydroxyl groups excluding tert-OH is 4. The van der Waals surface area contributed by atoms with E-state index in [-0.39, 0.29) is 53.6 Å². The third-order valence-electron chi connectivity index (χ3n) is 8.31. The summed E-state index contributed by atoms with van der Waals surface area (Å²) in [7, 11) is 5.69. The minimum atomic E-state index is -1.60. The van der Waals surface area contributed by atoms with Crippen LogP contribution < -0.4 is 23.7 Å². The van der Waals surface area contributed by atoms with Gasteiger partial charge in [-0.25, -0.2) is 0 Å². The van der Waals surface area contributed by atoms with Gasteiger partial charge >= 0.3 is 0 Å². The fourth-order valence-corrected chi connectivity index (χ4v) is 6.26. The van der Waals surface area contributed by atoms with Crippen LogP contribution >= 0.6 is 0 Å². The van der Waals surface area contributed by atoms with Crippen LogP contribution in [0.1, 0.15) is 22.6 Å². The van der Waals surface area contributed by atoms with Gasteiger partial charge in [0.25, 0.3) is 0 Å². The molecule has 41 heavy (non-hydrogen) atoms. The van der Waals surface area contributed by atoms with E-state index in [1.54, 1.807) is 12.1 Å². The Morgan fingerprint density at radius 2 is 1.46 bits per heavy atom. The van der Waals surface area contributed by atoms with Crippen LogP contribution in [0.25, 0.3) is 0 Å². The summed E-state index contributed by atoms with van der Waals surface area (Å²) in [6.45, 7) is -0.412. The summed E-state index contributed by atoms with van der Waals surface area (Å²) in [6.07, 6.45) is -6.72. The number of phenolic OH excluding ortho intramolecular Hbond substituents is 2. The van der Waals surface area contributed by atoms with Gasteiger partial charge < -0.3 is 63.8 Å². The molecule has 2 aliphatic heterocycles. The third-order valence-corrected chi connectivity index (χ3v) is 8.31. The standard InChI is InChI=1S/C28H36O13/c1-35-15-6-11-5-12-9-39-14-7-16(36-2)23(32)27(38-4)20(14)19(18(11)26(37-3)22(15)31)13(12)10-40-28-25(34)24(33)21(30)17(8-29)41-28/h6-7,12-13,17,19,21,24-25,28-34H,5,8-10H2,1-4H3/t12-,13-,17-,19+,21-,24+,25-,28-/m1/s1. The lowest BCUT2D eigenvalue weighted by Gasteiger charge is -2.42. The van der Waals surface area contributed by atoms with Crippen molar-refractivity contribution in [1.82, 2.24) is 0 Å². The predicted octanol–water partition coefficient (Wildman–Crippen LogP) is 0.261. The second-order valence-corrected chi connectivity index (χ2v) is 10.4. The Morgan fingerprint density at radius 3 is 2.07 bits per heavy atom. The first kappa shape index (κ1) is 29.3. The van der Waals surface area contributed by atoms with Crippen LogP contribution in [-0.2, 0) is 15.9 Å². The maximum Gasteiger partial charge on any atom is 0.201 e. The van der Waals surface area contributed by atoms with E-state index in [9.17, 15) is 30.6 Å². The Kier molecular flexibility index (Phi) is 8.28. The number of aliphatic hydroxyl groups is 4. The highest BCUT2D eigenvalue weighted by Crippen LogP contribution is 2.59. The average molecular weight is 581 g/mol. The van der Waals surface area contributed by atoms with Crippen molar-refractivity contribution < 1.29 is 63.8 Å². The van der Waals surface area contributed by atoms with Gasteiger partial charge in [0.15, 0.2) is 29.3 Å². The second-order valence-electron chi connectivity index (χ2n) is 10.4. The van der Waals surface area contributed by atoms with Crippen molar-refractivity contribution in [2.24, 2.45) is 11.8 Å². The molecule has 0 amide bonds.